The standard InChI is InChI=1S/C20H26N2O4/c1-20(24,14-16-8-10-17(25-2)11-9-16)15-22-19(23)21-12-13-26-18-6-4-3-5-7-18/h3-11,24H,12-15H2,1-2H3,(H2,21,22,23). The Morgan fingerprint density at radius 1 is 1.04 bits per heavy atom. The molecule has 26 heavy (non-hydrogen) atoms. The molecule has 1 unspecified atom stereocenters. The average Bonchev–Trinajstić information content (AvgIpc) is 2.65. The highest BCUT2D eigenvalue weighted by Gasteiger charge is 2.21. The van der Waals surface area contributed by atoms with Crippen molar-refractivity contribution >= 4 is 6.03 Å². The number of benzene rings is 2. The van der Waals surface area contributed by atoms with Gasteiger partial charge in [-0.3, -0.25) is 0 Å². The predicted molar refractivity (Wildman–Crippen MR) is 101 cm³/mol. The zero-order chi connectivity index (χ0) is 18.8. The van der Waals surface area contributed by atoms with E-state index < -0.39 is 5.60 Å². The molecule has 6 nitrogen and oxygen atoms in total. The number of urea groups is 1. The fourth-order valence-corrected chi connectivity index (χ4v) is 2.43. The van der Waals surface area contributed by atoms with Crippen molar-refractivity contribution < 1.29 is 19.4 Å². The third-order valence-corrected chi connectivity index (χ3v) is 3.77. The Bertz CT molecular complexity index is 672. The maximum absolute atomic E-state index is 11.8. The van der Waals surface area contributed by atoms with E-state index in [0.717, 1.165) is 17.1 Å². The minimum Gasteiger partial charge on any atom is -0.497 e. The van der Waals surface area contributed by atoms with Gasteiger partial charge < -0.3 is 25.2 Å². The maximum atomic E-state index is 11.8. The lowest BCUT2D eigenvalue weighted by Gasteiger charge is -2.24. The molecule has 140 valence electrons. The second kappa shape index (κ2) is 9.68. The largest absolute Gasteiger partial charge is 0.497 e. The third-order valence-electron chi connectivity index (χ3n) is 3.77. The van der Waals surface area contributed by atoms with Gasteiger partial charge in [0.15, 0.2) is 0 Å². The Morgan fingerprint density at radius 2 is 1.73 bits per heavy atom. The Labute approximate surface area is 154 Å². The normalized spacial score (nSPS) is 12.7. The Morgan fingerprint density at radius 3 is 2.38 bits per heavy atom. The molecule has 0 radical (unpaired) electrons. The van der Waals surface area contributed by atoms with Crippen LogP contribution in [0.1, 0.15) is 12.5 Å². The number of nitrogens with one attached hydrogen (secondary N) is 2. The molecule has 0 aliphatic rings. The van der Waals surface area contributed by atoms with Crippen LogP contribution in [-0.2, 0) is 6.42 Å². The molecule has 0 aliphatic carbocycles. The zero-order valence-corrected chi connectivity index (χ0v) is 15.2. The second-order valence-electron chi connectivity index (χ2n) is 6.29. The van der Waals surface area contributed by atoms with Gasteiger partial charge in [-0.05, 0) is 36.8 Å². The van der Waals surface area contributed by atoms with Gasteiger partial charge in [-0.1, -0.05) is 30.3 Å². The van der Waals surface area contributed by atoms with E-state index in [-0.39, 0.29) is 12.6 Å². The van der Waals surface area contributed by atoms with E-state index in [9.17, 15) is 9.90 Å². The van der Waals surface area contributed by atoms with E-state index in [1.54, 1.807) is 14.0 Å². The fourth-order valence-electron chi connectivity index (χ4n) is 2.43. The molecule has 0 aliphatic heterocycles. The van der Waals surface area contributed by atoms with E-state index in [2.05, 4.69) is 10.6 Å². The molecule has 0 heterocycles. The summed E-state index contributed by atoms with van der Waals surface area (Å²) in [7, 11) is 1.61. The van der Waals surface area contributed by atoms with Crippen molar-refractivity contribution in [2.24, 2.45) is 0 Å². The molecule has 0 saturated heterocycles. The lowest BCUT2D eigenvalue weighted by Crippen LogP contribution is -2.46. The SMILES string of the molecule is COc1ccc(CC(C)(O)CNC(=O)NCCOc2ccccc2)cc1. The molecular weight excluding hydrogens is 332 g/mol. The molecule has 0 fully saturated rings. The summed E-state index contributed by atoms with van der Waals surface area (Å²) in [5.74, 6) is 1.53. The average molecular weight is 358 g/mol. The summed E-state index contributed by atoms with van der Waals surface area (Å²) in [5.41, 5.74) is -0.0822. The van der Waals surface area contributed by atoms with Gasteiger partial charge in [-0.2, -0.15) is 0 Å². The zero-order valence-electron chi connectivity index (χ0n) is 15.2. The second-order valence-corrected chi connectivity index (χ2v) is 6.29. The minimum absolute atomic E-state index is 0.143. The highest BCUT2D eigenvalue weighted by Crippen LogP contribution is 2.16. The van der Waals surface area contributed by atoms with Crippen molar-refractivity contribution in [1.82, 2.24) is 10.6 Å². The van der Waals surface area contributed by atoms with E-state index in [1.165, 1.54) is 0 Å². The summed E-state index contributed by atoms with van der Waals surface area (Å²) >= 11 is 0. The summed E-state index contributed by atoms with van der Waals surface area (Å²) in [6.07, 6.45) is 0.425. The first-order chi connectivity index (χ1) is 12.5. The quantitative estimate of drug-likeness (QED) is 0.601. The van der Waals surface area contributed by atoms with Crippen molar-refractivity contribution in [2.45, 2.75) is 18.9 Å². The van der Waals surface area contributed by atoms with Gasteiger partial charge in [-0.25, -0.2) is 4.79 Å². The number of hydrogen-bond donors (Lipinski definition) is 3. The number of aliphatic hydroxyl groups is 1. The molecule has 0 bridgehead atoms. The van der Waals surface area contributed by atoms with Crippen LogP contribution in [0.2, 0.25) is 0 Å². The summed E-state index contributed by atoms with van der Waals surface area (Å²) in [5, 5.41) is 15.9. The molecule has 0 aromatic heterocycles. The van der Waals surface area contributed by atoms with Gasteiger partial charge in [-0.15, -0.1) is 0 Å². The topological polar surface area (TPSA) is 79.8 Å². The van der Waals surface area contributed by atoms with Crippen LogP contribution >= 0.6 is 0 Å². The van der Waals surface area contributed by atoms with Gasteiger partial charge in [0.2, 0.25) is 0 Å². The van der Waals surface area contributed by atoms with Crippen LogP contribution < -0.4 is 20.1 Å². The van der Waals surface area contributed by atoms with Gasteiger partial charge in [0, 0.05) is 13.0 Å². The number of amides is 2. The van der Waals surface area contributed by atoms with E-state index in [0.29, 0.717) is 19.6 Å². The number of methoxy groups -OCH3 is 1. The van der Waals surface area contributed by atoms with Crippen LogP contribution in [0.3, 0.4) is 0 Å². The van der Waals surface area contributed by atoms with Gasteiger partial charge in [0.1, 0.15) is 18.1 Å². The molecule has 3 N–H and O–H groups in total. The molecular formula is C20H26N2O4. The molecule has 2 rings (SSSR count). The summed E-state index contributed by atoms with van der Waals surface area (Å²) < 4.78 is 10.6. The van der Waals surface area contributed by atoms with Crippen LogP contribution in [0.15, 0.2) is 54.6 Å². The fraction of sp³-hybridized carbons (Fsp3) is 0.350. The van der Waals surface area contributed by atoms with Crippen molar-refractivity contribution in [1.29, 1.82) is 0 Å². The van der Waals surface area contributed by atoms with Crippen molar-refractivity contribution in [3.05, 3.63) is 60.2 Å². The molecule has 2 aromatic carbocycles. The summed E-state index contributed by atoms with van der Waals surface area (Å²) in [6.45, 7) is 2.58. The number of carbonyl (C=O) groups is 1. The predicted octanol–water partition coefficient (Wildman–Crippen LogP) is 2.37. The van der Waals surface area contributed by atoms with Crippen molar-refractivity contribution in [3.63, 3.8) is 0 Å². The molecule has 2 aromatic rings. The smallest absolute Gasteiger partial charge is 0.315 e. The van der Waals surface area contributed by atoms with Gasteiger partial charge >= 0.3 is 6.03 Å². The minimum atomic E-state index is -1.05. The lowest BCUT2D eigenvalue weighted by molar-refractivity contribution is 0.0623. The number of rotatable bonds is 9. The van der Waals surface area contributed by atoms with Crippen LogP contribution in [-0.4, -0.2) is 43.5 Å². The highest BCUT2D eigenvalue weighted by atomic mass is 16.5. The summed E-state index contributed by atoms with van der Waals surface area (Å²) in [4.78, 5) is 11.8. The van der Waals surface area contributed by atoms with E-state index in [1.807, 2.05) is 54.6 Å². The first-order valence-corrected chi connectivity index (χ1v) is 8.53. The van der Waals surface area contributed by atoms with Crippen molar-refractivity contribution in [2.75, 3.05) is 26.8 Å². The van der Waals surface area contributed by atoms with Gasteiger partial charge in [0.25, 0.3) is 0 Å². The van der Waals surface area contributed by atoms with E-state index >= 15 is 0 Å². The molecule has 0 spiro atoms. The number of ether oxygens (including phenoxy) is 2. The molecule has 0 saturated carbocycles. The van der Waals surface area contributed by atoms with Crippen LogP contribution in [0, 0.1) is 0 Å². The van der Waals surface area contributed by atoms with E-state index in [4.69, 9.17) is 9.47 Å². The maximum Gasteiger partial charge on any atom is 0.315 e. The first-order valence-electron chi connectivity index (χ1n) is 8.53. The molecule has 2 amide bonds. The first kappa shape index (κ1) is 19.6. The Hall–Kier alpha value is -2.73. The van der Waals surface area contributed by atoms with Crippen molar-refractivity contribution in [3.8, 4) is 11.5 Å². The van der Waals surface area contributed by atoms with Gasteiger partial charge in [0.05, 0.1) is 19.3 Å². The van der Waals surface area contributed by atoms with Crippen LogP contribution in [0.5, 0.6) is 11.5 Å². The summed E-state index contributed by atoms with van der Waals surface area (Å²) in [6, 6.07) is 16.6. The Balaban J connectivity index is 1.66. The molecule has 1 atom stereocenters. The third kappa shape index (κ3) is 7.03. The van der Waals surface area contributed by atoms with Crippen LogP contribution in [0.4, 0.5) is 4.79 Å². The van der Waals surface area contributed by atoms with Crippen LogP contribution in [0.25, 0.3) is 0 Å². The lowest BCUT2D eigenvalue weighted by atomic mass is 9.96. The number of para-hydroxylation sites is 1. The molecule has 6 heteroatoms. The number of hydrogen-bond acceptors (Lipinski definition) is 4. The Kier molecular flexibility index (Phi) is 7.29. The monoisotopic (exact) mass is 358 g/mol. The number of carbonyl (C=O) groups excluding carboxylic acids is 1. The highest BCUT2D eigenvalue weighted by molar-refractivity contribution is 5.73.